The minimum Gasteiger partial charge on any atom is -0.309 e. The Bertz CT molecular complexity index is 2160. The van der Waals surface area contributed by atoms with E-state index in [1.165, 1.54) is 21.8 Å². The fourth-order valence-corrected chi connectivity index (χ4v) is 6.50. The number of aromatic nitrogens is 3. The van der Waals surface area contributed by atoms with E-state index in [-0.39, 0.29) is 0 Å². The summed E-state index contributed by atoms with van der Waals surface area (Å²) in [4.78, 5) is 14.3. The maximum atomic E-state index is 5.02. The third-order valence-electron chi connectivity index (χ3n) is 7.58. The van der Waals surface area contributed by atoms with Crippen LogP contribution in [0.3, 0.4) is 0 Å². The SMILES string of the molecule is C1=NC(c2ccc(-c3cc(-c4ccc(-n5c6ccccc6c6ccccc65)cc4)nc(-c4ccccc4)n3)cc2)=NI=N1. The lowest BCUT2D eigenvalue weighted by Crippen LogP contribution is -1.99. The smallest absolute Gasteiger partial charge is 0.168 e. The van der Waals surface area contributed by atoms with E-state index < -0.39 is 21.3 Å². The Morgan fingerprint density at radius 3 is 1.67 bits per heavy atom. The molecular formula is C36H23IN6. The molecule has 0 saturated carbocycles. The minimum absolute atomic E-state index is 0.557. The number of fused-ring (bicyclic) bond motifs is 3. The quantitative estimate of drug-likeness (QED) is 0.172. The van der Waals surface area contributed by atoms with Crippen molar-refractivity contribution in [3.05, 3.63) is 139 Å². The Hall–Kier alpha value is -5.15. The lowest BCUT2D eigenvalue weighted by atomic mass is 10.0. The van der Waals surface area contributed by atoms with Gasteiger partial charge in [0.05, 0.1) is 22.4 Å². The van der Waals surface area contributed by atoms with E-state index in [0.29, 0.717) is 5.82 Å². The molecule has 0 saturated heterocycles. The highest BCUT2D eigenvalue weighted by molar-refractivity contribution is 14.1. The monoisotopic (exact) mass is 666 g/mol. The summed E-state index contributed by atoms with van der Waals surface area (Å²) in [5.74, 6) is 1.43. The molecule has 8 rings (SSSR count). The maximum absolute atomic E-state index is 5.02. The second-order valence-corrected chi connectivity index (χ2v) is 11.6. The standard InChI is InChI=1S/C36H23IN6/c1-2-8-26(9-3-1)36-40-31(24-14-16-27(17-15-24)35-38-23-39-37-42-35)22-32(41-36)25-18-20-28(21-19-25)43-33-12-6-4-10-29(33)30-11-5-7-13-34(30)43/h1-23H. The highest BCUT2D eigenvalue weighted by atomic mass is 127. The van der Waals surface area contributed by atoms with Crippen LogP contribution in [0.4, 0.5) is 0 Å². The van der Waals surface area contributed by atoms with Crippen LogP contribution in [0.5, 0.6) is 0 Å². The molecule has 204 valence electrons. The van der Waals surface area contributed by atoms with Crippen LogP contribution in [0.1, 0.15) is 5.56 Å². The molecule has 0 unspecified atom stereocenters. The summed E-state index contributed by atoms with van der Waals surface area (Å²) in [7, 11) is 0. The predicted octanol–water partition coefficient (Wildman–Crippen LogP) is 9.43. The Balaban J connectivity index is 1.22. The van der Waals surface area contributed by atoms with Crippen molar-refractivity contribution < 1.29 is 0 Å². The van der Waals surface area contributed by atoms with Gasteiger partial charge in [0.2, 0.25) is 0 Å². The number of halogens is 1. The number of amidine groups is 1. The summed E-state index contributed by atoms with van der Waals surface area (Å²) in [6, 6.07) is 46.2. The lowest BCUT2D eigenvalue weighted by molar-refractivity contribution is 1.17. The zero-order valence-corrected chi connectivity index (χ0v) is 25.0. The molecule has 7 aromatic rings. The van der Waals surface area contributed by atoms with E-state index >= 15 is 0 Å². The molecule has 0 N–H and O–H groups in total. The number of rotatable bonds is 5. The number of hydrogen-bond acceptors (Lipinski definition) is 5. The molecule has 0 spiro atoms. The average Bonchev–Trinajstić information content (AvgIpc) is 3.43. The van der Waals surface area contributed by atoms with E-state index in [1.807, 2.05) is 42.5 Å². The molecular weight excluding hydrogens is 643 g/mol. The van der Waals surface area contributed by atoms with Crippen LogP contribution in [0.2, 0.25) is 0 Å². The fourth-order valence-electron chi connectivity index (χ4n) is 5.53. The molecule has 5 aromatic carbocycles. The molecule has 1 aliphatic heterocycles. The molecule has 0 atom stereocenters. The molecule has 0 fully saturated rings. The van der Waals surface area contributed by atoms with Crippen molar-refractivity contribution in [2.24, 2.45) is 11.3 Å². The third-order valence-corrected chi connectivity index (χ3v) is 8.75. The molecule has 0 aliphatic carbocycles. The summed E-state index contributed by atoms with van der Waals surface area (Å²) in [5.41, 5.74) is 9.21. The molecule has 0 bridgehead atoms. The molecule has 43 heavy (non-hydrogen) atoms. The van der Waals surface area contributed by atoms with E-state index in [0.717, 1.165) is 45.2 Å². The zero-order chi connectivity index (χ0) is 28.6. The van der Waals surface area contributed by atoms with Crippen LogP contribution in [0.25, 0.3) is 61.4 Å². The first-order chi connectivity index (χ1) is 21.3. The third kappa shape index (κ3) is 4.77. The van der Waals surface area contributed by atoms with Gasteiger partial charge in [-0.1, -0.05) is 103 Å². The van der Waals surface area contributed by atoms with Gasteiger partial charge >= 0.3 is 0 Å². The number of nitrogens with zero attached hydrogens (tertiary/aromatic N) is 6. The summed E-state index contributed by atoms with van der Waals surface area (Å²) >= 11 is -0.557. The van der Waals surface area contributed by atoms with Crippen LogP contribution < -0.4 is 0 Å². The van der Waals surface area contributed by atoms with Gasteiger partial charge in [-0.25, -0.2) is 15.0 Å². The Morgan fingerprint density at radius 2 is 1.07 bits per heavy atom. The zero-order valence-electron chi connectivity index (χ0n) is 22.8. The summed E-state index contributed by atoms with van der Waals surface area (Å²) in [5, 5.41) is 2.50. The molecule has 1 aliphatic rings. The Labute approximate surface area is 258 Å². The van der Waals surface area contributed by atoms with Crippen LogP contribution >= 0.6 is 21.3 Å². The van der Waals surface area contributed by atoms with E-state index in [9.17, 15) is 0 Å². The van der Waals surface area contributed by atoms with Crippen LogP contribution in [-0.4, -0.2) is 26.7 Å². The summed E-state index contributed by atoms with van der Waals surface area (Å²) < 4.78 is 11.0. The van der Waals surface area contributed by atoms with Crippen LogP contribution in [-0.2, 0) is 0 Å². The predicted molar refractivity (Wildman–Crippen MR) is 184 cm³/mol. The van der Waals surface area contributed by atoms with Gasteiger partial charge in [0.15, 0.2) is 11.7 Å². The maximum Gasteiger partial charge on any atom is 0.168 e. The van der Waals surface area contributed by atoms with Crippen LogP contribution in [0.15, 0.2) is 145 Å². The van der Waals surface area contributed by atoms with Gasteiger partial charge in [0, 0.05) is 38.7 Å². The number of hydrogen-bond donors (Lipinski definition) is 0. The topological polar surface area (TPSA) is 67.8 Å². The van der Waals surface area contributed by atoms with Crippen molar-refractivity contribution in [2.75, 3.05) is 0 Å². The number of benzene rings is 5. The Morgan fingerprint density at radius 1 is 0.512 bits per heavy atom. The molecule has 0 amide bonds. The second-order valence-electron chi connectivity index (χ2n) is 10.1. The average molecular weight is 667 g/mol. The van der Waals surface area contributed by atoms with Gasteiger partial charge in [-0.05, 0) is 30.3 Å². The molecule has 6 nitrogen and oxygen atoms in total. The first-order valence-corrected chi connectivity index (χ1v) is 15.8. The molecule has 0 radical (unpaired) electrons. The van der Waals surface area contributed by atoms with Crippen molar-refractivity contribution in [1.82, 2.24) is 14.5 Å². The van der Waals surface area contributed by atoms with Crippen molar-refractivity contribution in [2.45, 2.75) is 0 Å². The Kier molecular flexibility index (Phi) is 6.49. The first kappa shape index (κ1) is 25.6. The van der Waals surface area contributed by atoms with E-state index in [2.05, 4.69) is 107 Å². The normalized spacial score (nSPS) is 12.8. The number of para-hydroxylation sites is 2. The van der Waals surface area contributed by atoms with Crippen molar-refractivity contribution in [1.29, 1.82) is 0 Å². The second kappa shape index (κ2) is 10.9. The van der Waals surface area contributed by atoms with Crippen LogP contribution in [0, 0.1) is 0 Å². The first-order valence-electron chi connectivity index (χ1n) is 13.9. The summed E-state index contributed by atoms with van der Waals surface area (Å²) in [6.07, 6.45) is 1.61. The van der Waals surface area contributed by atoms with Gasteiger partial charge < -0.3 is 4.57 Å². The lowest BCUT2D eigenvalue weighted by Gasteiger charge is -2.12. The fraction of sp³-hybridized carbons (Fsp3) is 0. The van der Waals surface area contributed by atoms with E-state index in [4.69, 9.17) is 9.97 Å². The molecule has 7 heteroatoms. The van der Waals surface area contributed by atoms with Gasteiger partial charge in [-0.2, -0.15) is 6.35 Å². The van der Waals surface area contributed by atoms with Gasteiger partial charge in [-0.3, -0.25) is 0 Å². The van der Waals surface area contributed by atoms with E-state index in [1.54, 1.807) is 6.34 Å². The number of aliphatic imine (C=N–C) groups is 1. The minimum atomic E-state index is -0.557. The summed E-state index contributed by atoms with van der Waals surface area (Å²) in [6.45, 7) is 0. The van der Waals surface area contributed by atoms with Gasteiger partial charge in [0.25, 0.3) is 0 Å². The van der Waals surface area contributed by atoms with Crippen molar-refractivity contribution >= 4 is 55.3 Å². The highest BCUT2D eigenvalue weighted by Gasteiger charge is 2.14. The van der Waals surface area contributed by atoms with Crippen molar-refractivity contribution in [3.63, 3.8) is 0 Å². The highest BCUT2D eigenvalue weighted by Crippen LogP contribution is 2.33. The van der Waals surface area contributed by atoms with Gasteiger partial charge in [0.1, 0.15) is 27.6 Å². The van der Waals surface area contributed by atoms with Crippen molar-refractivity contribution in [3.8, 4) is 39.6 Å². The van der Waals surface area contributed by atoms with Gasteiger partial charge in [-0.15, -0.1) is 0 Å². The largest absolute Gasteiger partial charge is 0.309 e. The molecule has 3 heterocycles. The molecule has 2 aromatic heterocycles.